The summed E-state index contributed by atoms with van der Waals surface area (Å²) in [6.07, 6.45) is 1.77. The van der Waals surface area contributed by atoms with Crippen LogP contribution in [0.15, 0.2) is 18.3 Å². The third-order valence-electron chi connectivity index (χ3n) is 1.49. The second-order valence-corrected chi connectivity index (χ2v) is 4.80. The molecule has 0 spiro atoms. The minimum atomic E-state index is 0.891. The molecule has 2 heterocycles. The third-order valence-corrected chi connectivity index (χ3v) is 3.20. The lowest BCUT2D eigenvalue weighted by atomic mass is 10.4. The Labute approximate surface area is 93.4 Å². The molecule has 0 unspecified atom stereocenters. The van der Waals surface area contributed by atoms with Gasteiger partial charge in [0.15, 0.2) is 5.01 Å². The predicted molar refractivity (Wildman–Crippen MR) is 60.6 cm³/mol. The fourth-order valence-corrected chi connectivity index (χ4v) is 2.42. The number of hydrogen-bond donors (Lipinski definition) is 0. The van der Waals surface area contributed by atoms with Gasteiger partial charge in [0.1, 0.15) is 10.7 Å². The summed E-state index contributed by atoms with van der Waals surface area (Å²) in [6.45, 7) is 1.94. The molecule has 0 N–H and O–H groups in total. The molecular weight excluding hydrogens is 297 g/mol. The first-order valence-electron chi connectivity index (χ1n) is 3.68. The summed E-state index contributed by atoms with van der Waals surface area (Å²) in [5.74, 6) is 0. The van der Waals surface area contributed by atoms with Gasteiger partial charge in [-0.15, -0.1) is 10.2 Å². The van der Waals surface area contributed by atoms with Crippen molar-refractivity contribution >= 4 is 33.9 Å². The molecule has 13 heavy (non-hydrogen) atoms. The highest BCUT2D eigenvalue weighted by molar-refractivity contribution is 14.1. The molecule has 0 bridgehead atoms. The van der Waals surface area contributed by atoms with E-state index in [0.717, 1.165) is 19.3 Å². The van der Waals surface area contributed by atoms with E-state index in [1.54, 1.807) is 17.5 Å². The molecule has 0 saturated carbocycles. The molecule has 0 aromatic carbocycles. The maximum atomic E-state index is 4.26. The normalized spacial score (nSPS) is 10.3. The van der Waals surface area contributed by atoms with Crippen LogP contribution in [0.25, 0.3) is 10.7 Å². The summed E-state index contributed by atoms with van der Waals surface area (Å²) < 4.78 is 1.11. The van der Waals surface area contributed by atoms with Gasteiger partial charge in [-0.25, -0.2) is 0 Å². The first-order valence-corrected chi connectivity index (χ1v) is 5.58. The zero-order chi connectivity index (χ0) is 9.26. The van der Waals surface area contributed by atoms with Crippen LogP contribution in [0.1, 0.15) is 5.01 Å². The van der Waals surface area contributed by atoms with E-state index >= 15 is 0 Å². The minimum Gasteiger partial charge on any atom is -0.253 e. The van der Waals surface area contributed by atoms with E-state index in [9.17, 15) is 0 Å². The fraction of sp³-hybridized carbons (Fsp3) is 0.125. The van der Waals surface area contributed by atoms with Crippen molar-refractivity contribution in [2.24, 2.45) is 0 Å². The Balaban J connectivity index is 2.52. The smallest absolute Gasteiger partial charge is 0.167 e. The first-order chi connectivity index (χ1) is 6.27. The van der Waals surface area contributed by atoms with E-state index in [1.807, 2.05) is 19.1 Å². The Bertz CT molecular complexity index is 427. The highest BCUT2D eigenvalue weighted by Crippen LogP contribution is 2.24. The second kappa shape index (κ2) is 3.67. The number of rotatable bonds is 1. The van der Waals surface area contributed by atoms with Crippen molar-refractivity contribution in [2.45, 2.75) is 6.92 Å². The van der Waals surface area contributed by atoms with Gasteiger partial charge < -0.3 is 0 Å². The maximum absolute atomic E-state index is 4.26. The van der Waals surface area contributed by atoms with Gasteiger partial charge in [0, 0.05) is 9.77 Å². The molecular formula is C8H6IN3S. The van der Waals surface area contributed by atoms with Crippen LogP contribution in [0, 0.1) is 10.5 Å². The predicted octanol–water partition coefficient (Wildman–Crippen LogP) is 2.51. The average Bonchev–Trinajstić information content (AvgIpc) is 2.53. The highest BCUT2D eigenvalue weighted by Gasteiger charge is 2.08. The maximum Gasteiger partial charge on any atom is 0.167 e. The summed E-state index contributed by atoms with van der Waals surface area (Å²) in [5.41, 5.74) is 0.925. The minimum absolute atomic E-state index is 0.891. The van der Waals surface area contributed by atoms with Crippen molar-refractivity contribution in [3.05, 3.63) is 26.9 Å². The Morgan fingerprint density at radius 3 is 2.85 bits per heavy atom. The van der Waals surface area contributed by atoms with E-state index < -0.39 is 0 Å². The quantitative estimate of drug-likeness (QED) is 0.760. The molecule has 0 aliphatic rings. The topological polar surface area (TPSA) is 38.7 Å². The molecule has 5 heteroatoms. The molecule has 0 aliphatic heterocycles. The number of aromatic nitrogens is 3. The fourth-order valence-electron chi connectivity index (χ4n) is 0.935. The van der Waals surface area contributed by atoms with Crippen LogP contribution in [0.2, 0.25) is 0 Å². The Morgan fingerprint density at radius 2 is 2.23 bits per heavy atom. The van der Waals surface area contributed by atoms with Gasteiger partial charge >= 0.3 is 0 Å². The van der Waals surface area contributed by atoms with Crippen molar-refractivity contribution in [1.82, 2.24) is 15.2 Å². The number of nitrogens with zero attached hydrogens (tertiary/aromatic N) is 3. The SMILES string of the molecule is Cc1nnc(-c2ncccc2I)s1. The number of aryl methyl sites for hydroxylation is 1. The van der Waals surface area contributed by atoms with Gasteiger partial charge in [-0.05, 0) is 41.6 Å². The van der Waals surface area contributed by atoms with Crippen molar-refractivity contribution < 1.29 is 0 Å². The van der Waals surface area contributed by atoms with Gasteiger partial charge in [0.25, 0.3) is 0 Å². The summed E-state index contributed by atoms with van der Waals surface area (Å²) in [5, 5.41) is 9.87. The summed E-state index contributed by atoms with van der Waals surface area (Å²) in [6, 6.07) is 3.93. The molecule has 0 saturated heterocycles. The van der Waals surface area contributed by atoms with E-state index in [-0.39, 0.29) is 0 Å². The molecule has 0 fully saturated rings. The molecule has 3 nitrogen and oxygen atoms in total. The highest BCUT2D eigenvalue weighted by atomic mass is 127. The standard InChI is InChI=1S/C8H6IN3S/c1-5-11-12-8(13-5)7-6(9)3-2-4-10-7/h2-4H,1H3. The van der Waals surface area contributed by atoms with Crippen molar-refractivity contribution in [3.8, 4) is 10.7 Å². The molecule has 0 radical (unpaired) electrons. The van der Waals surface area contributed by atoms with E-state index in [1.165, 1.54) is 0 Å². The number of hydrogen-bond acceptors (Lipinski definition) is 4. The van der Waals surface area contributed by atoms with Crippen molar-refractivity contribution in [3.63, 3.8) is 0 Å². The molecule has 2 rings (SSSR count). The molecule has 2 aromatic rings. The summed E-state index contributed by atoms with van der Waals surface area (Å²) in [4.78, 5) is 4.26. The average molecular weight is 303 g/mol. The van der Waals surface area contributed by atoms with Gasteiger partial charge in [0.05, 0.1) is 0 Å². The van der Waals surface area contributed by atoms with E-state index in [4.69, 9.17) is 0 Å². The molecule has 0 atom stereocenters. The first kappa shape index (κ1) is 9.01. The lowest BCUT2D eigenvalue weighted by molar-refractivity contribution is 1.05. The van der Waals surface area contributed by atoms with Crippen LogP contribution in [0.4, 0.5) is 0 Å². The number of pyridine rings is 1. The molecule has 0 aliphatic carbocycles. The summed E-state index contributed by atoms with van der Waals surface area (Å²) >= 11 is 3.82. The largest absolute Gasteiger partial charge is 0.253 e. The van der Waals surface area contributed by atoms with Crippen LogP contribution in [-0.2, 0) is 0 Å². The Morgan fingerprint density at radius 1 is 1.38 bits per heavy atom. The van der Waals surface area contributed by atoms with Gasteiger partial charge in [-0.1, -0.05) is 11.3 Å². The lowest BCUT2D eigenvalue weighted by Crippen LogP contribution is -1.85. The van der Waals surface area contributed by atoms with Crippen LogP contribution in [0.5, 0.6) is 0 Å². The van der Waals surface area contributed by atoms with Gasteiger partial charge in [0.2, 0.25) is 0 Å². The summed E-state index contributed by atoms with van der Waals surface area (Å²) in [7, 11) is 0. The van der Waals surface area contributed by atoms with Crippen LogP contribution < -0.4 is 0 Å². The monoisotopic (exact) mass is 303 g/mol. The Kier molecular flexibility index (Phi) is 2.54. The number of halogens is 1. The zero-order valence-corrected chi connectivity index (χ0v) is 9.83. The second-order valence-electron chi connectivity index (χ2n) is 2.46. The lowest BCUT2D eigenvalue weighted by Gasteiger charge is -1.95. The molecule has 2 aromatic heterocycles. The van der Waals surface area contributed by atoms with Crippen LogP contribution >= 0.6 is 33.9 Å². The zero-order valence-electron chi connectivity index (χ0n) is 6.86. The van der Waals surface area contributed by atoms with Crippen molar-refractivity contribution in [2.75, 3.05) is 0 Å². The van der Waals surface area contributed by atoms with E-state index in [2.05, 4.69) is 37.8 Å². The van der Waals surface area contributed by atoms with Gasteiger partial charge in [-0.3, -0.25) is 4.98 Å². The van der Waals surface area contributed by atoms with Crippen LogP contribution in [-0.4, -0.2) is 15.2 Å². The van der Waals surface area contributed by atoms with Gasteiger partial charge in [-0.2, -0.15) is 0 Å². The third kappa shape index (κ3) is 1.86. The molecule has 66 valence electrons. The molecule has 0 amide bonds. The Hall–Kier alpha value is -0.560. The van der Waals surface area contributed by atoms with Crippen LogP contribution in [0.3, 0.4) is 0 Å². The van der Waals surface area contributed by atoms with Crippen molar-refractivity contribution in [1.29, 1.82) is 0 Å². The van der Waals surface area contributed by atoms with E-state index in [0.29, 0.717) is 0 Å².